The first-order chi connectivity index (χ1) is 9.54. The Bertz CT molecular complexity index is 636. The minimum absolute atomic E-state index is 0.0103. The Morgan fingerprint density at radius 3 is 2.33 bits per heavy atom. The molecule has 116 valence electrons. The molecule has 1 unspecified atom stereocenters. The van der Waals surface area contributed by atoms with Crippen LogP contribution in [0.1, 0.15) is 12.5 Å². The van der Waals surface area contributed by atoms with Crippen LogP contribution in [0.5, 0.6) is 5.75 Å². The monoisotopic (exact) mass is 322 g/mol. The fraction of sp³-hybridized carbons (Fsp3) is 0.250. The summed E-state index contributed by atoms with van der Waals surface area (Å²) in [5.74, 6) is -1.20. The summed E-state index contributed by atoms with van der Waals surface area (Å²) in [6.45, 7) is 0.639. The average Bonchev–Trinajstić information content (AvgIpc) is 2.36. The van der Waals surface area contributed by atoms with Crippen molar-refractivity contribution in [2.75, 3.05) is 0 Å². The Morgan fingerprint density at radius 2 is 1.86 bits per heavy atom. The molecule has 0 spiro atoms. The van der Waals surface area contributed by atoms with Crippen molar-refractivity contribution >= 4 is 22.2 Å². The molecule has 1 aromatic carbocycles. The molecule has 0 amide bonds. The zero-order chi connectivity index (χ0) is 16.3. The summed E-state index contributed by atoms with van der Waals surface area (Å²) in [7, 11) is -5.68. The van der Waals surface area contributed by atoms with Crippen molar-refractivity contribution < 1.29 is 36.4 Å². The van der Waals surface area contributed by atoms with Crippen LogP contribution in [0.4, 0.5) is 8.78 Å². The first kappa shape index (κ1) is 17.1. The second-order valence-electron chi connectivity index (χ2n) is 4.04. The van der Waals surface area contributed by atoms with Crippen molar-refractivity contribution in [3.8, 4) is 5.75 Å². The van der Waals surface area contributed by atoms with Gasteiger partial charge in [0.15, 0.2) is 6.10 Å². The molecule has 21 heavy (non-hydrogen) atoms. The molecule has 0 aliphatic carbocycles. The van der Waals surface area contributed by atoms with E-state index in [1.54, 1.807) is 0 Å². The predicted molar refractivity (Wildman–Crippen MR) is 69.2 cm³/mol. The number of rotatable bonds is 5. The molecule has 0 saturated heterocycles. The van der Waals surface area contributed by atoms with E-state index in [4.69, 9.17) is 9.66 Å². The van der Waals surface area contributed by atoms with E-state index < -0.39 is 27.4 Å². The largest absolute Gasteiger partial charge is 0.508 e. The highest BCUT2D eigenvalue weighted by Gasteiger charge is 2.51. The average molecular weight is 322 g/mol. The van der Waals surface area contributed by atoms with Gasteiger partial charge >= 0.3 is 21.3 Å². The molecule has 2 N–H and O–H groups in total. The molecule has 1 atom stereocenters. The lowest BCUT2D eigenvalue weighted by atomic mass is 10.2. The SMILES string of the molecule is CC(OC(=O)/C=C/c1ccc(O)cc1)C(F)(F)S(=O)(=O)O. The molecule has 1 rings (SSSR count). The van der Waals surface area contributed by atoms with Crippen molar-refractivity contribution in [2.24, 2.45) is 0 Å². The molecule has 0 bridgehead atoms. The number of aromatic hydroxyl groups is 1. The Balaban J connectivity index is 2.72. The maximum Gasteiger partial charge on any atom is 0.405 e. The third-order valence-corrected chi connectivity index (χ3v) is 3.43. The number of esters is 1. The fourth-order valence-electron chi connectivity index (χ4n) is 1.24. The van der Waals surface area contributed by atoms with E-state index >= 15 is 0 Å². The molecule has 0 radical (unpaired) electrons. The van der Waals surface area contributed by atoms with Crippen LogP contribution in [0.2, 0.25) is 0 Å². The van der Waals surface area contributed by atoms with E-state index in [0.717, 1.165) is 6.08 Å². The number of halogens is 2. The second-order valence-corrected chi connectivity index (χ2v) is 5.54. The first-order valence-electron chi connectivity index (χ1n) is 5.56. The summed E-state index contributed by atoms with van der Waals surface area (Å²) in [6.07, 6.45) is -0.326. The first-order valence-corrected chi connectivity index (χ1v) is 7.00. The van der Waals surface area contributed by atoms with Crippen molar-refractivity contribution in [1.82, 2.24) is 0 Å². The van der Waals surface area contributed by atoms with Crippen LogP contribution >= 0.6 is 0 Å². The van der Waals surface area contributed by atoms with Crippen LogP contribution in [0.25, 0.3) is 6.08 Å². The summed E-state index contributed by atoms with van der Waals surface area (Å²) >= 11 is 0. The predicted octanol–water partition coefficient (Wildman–Crippen LogP) is 1.82. The van der Waals surface area contributed by atoms with E-state index in [0.29, 0.717) is 12.5 Å². The van der Waals surface area contributed by atoms with Gasteiger partial charge in [-0.25, -0.2) is 4.79 Å². The van der Waals surface area contributed by atoms with Gasteiger partial charge in [0.25, 0.3) is 0 Å². The van der Waals surface area contributed by atoms with Crippen molar-refractivity contribution in [3.63, 3.8) is 0 Å². The van der Waals surface area contributed by atoms with Crippen LogP contribution in [0.3, 0.4) is 0 Å². The Kier molecular flexibility index (Phi) is 5.02. The number of carbonyl (C=O) groups excluding carboxylic acids is 1. The van der Waals surface area contributed by atoms with Crippen LogP contribution in [0, 0.1) is 0 Å². The van der Waals surface area contributed by atoms with Gasteiger partial charge < -0.3 is 9.84 Å². The standard InChI is InChI=1S/C12H12F2O6S/c1-8(12(13,14)21(17,18)19)20-11(16)7-4-9-2-5-10(15)6-3-9/h2-8,15H,1H3,(H,17,18,19)/b7-4+. The second kappa shape index (κ2) is 6.19. The lowest BCUT2D eigenvalue weighted by molar-refractivity contribution is -0.153. The van der Waals surface area contributed by atoms with Gasteiger partial charge in [-0.15, -0.1) is 0 Å². The minimum atomic E-state index is -5.68. The molecular formula is C12H12F2O6S. The van der Waals surface area contributed by atoms with Gasteiger partial charge in [-0.2, -0.15) is 17.2 Å². The summed E-state index contributed by atoms with van der Waals surface area (Å²) in [4.78, 5) is 11.3. The number of benzene rings is 1. The molecule has 0 aliphatic rings. The number of hydrogen-bond acceptors (Lipinski definition) is 5. The summed E-state index contributed by atoms with van der Waals surface area (Å²) in [5, 5.41) is 4.44. The molecule has 0 fully saturated rings. The molecule has 9 heteroatoms. The van der Waals surface area contributed by atoms with E-state index in [-0.39, 0.29) is 5.75 Å². The number of hydrogen-bond donors (Lipinski definition) is 2. The van der Waals surface area contributed by atoms with Gasteiger partial charge in [-0.1, -0.05) is 12.1 Å². The lowest BCUT2D eigenvalue weighted by Crippen LogP contribution is -2.41. The maximum atomic E-state index is 13.1. The van der Waals surface area contributed by atoms with Crippen LogP contribution < -0.4 is 0 Å². The number of phenols is 1. The van der Waals surface area contributed by atoms with Gasteiger partial charge in [0.1, 0.15) is 5.75 Å². The van der Waals surface area contributed by atoms with Gasteiger partial charge in [0.2, 0.25) is 0 Å². The highest BCUT2D eigenvalue weighted by atomic mass is 32.2. The third-order valence-electron chi connectivity index (χ3n) is 2.42. The molecule has 6 nitrogen and oxygen atoms in total. The maximum absolute atomic E-state index is 13.1. The molecule has 0 aliphatic heterocycles. The fourth-order valence-corrected chi connectivity index (χ4v) is 1.71. The Morgan fingerprint density at radius 1 is 1.33 bits per heavy atom. The van der Waals surface area contributed by atoms with Crippen LogP contribution in [-0.4, -0.2) is 35.4 Å². The number of carbonyl (C=O) groups is 1. The quantitative estimate of drug-likeness (QED) is 0.487. The van der Waals surface area contributed by atoms with Crippen molar-refractivity contribution in [3.05, 3.63) is 35.9 Å². The van der Waals surface area contributed by atoms with Gasteiger partial charge in [0, 0.05) is 6.08 Å². The Labute approximate surface area is 119 Å². The van der Waals surface area contributed by atoms with Crippen molar-refractivity contribution in [1.29, 1.82) is 0 Å². The van der Waals surface area contributed by atoms with Gasteiger partial charge in [-0.05, 0) is 30.7 Å². The normalized spacial score (nSPS) is 14.1. The van der Waals surface area contributed by atoms with E-state index in [1.807, 2.05) is 0 Å². The highest BCUT2D eigenvalue weighted by molar-refractivity contribution is 7.86. The van der Waals surface area contributed by atoms with E-state index in [2.05, 4.69) is 4.74 Å². The molecule has 0 saturated carbocycles. The van der Waals surface area contributed by atoms with Crippen LogP contribution in [0.15, 0.2) is 30.3 Å². The number of phenolic OH excluding ortho intramolecular Hbond substituents is 1. The summed E-state index contributed by atoms with van der Waals surface area (Å²) in [5.41, 5.74) is 0.485. The van der Waals surface area contributed by atoms with E-state index in [9.17, 15) is 22.0 Å². The van der Waals surface area contributed by atoms with Gasteiger partial charge in [0.05, 0.1) is 0 Å². The zero-order valence-electron chi connectivity index (χ0n) is 10.7. The third kappa shape index (κ3) is 4.50. The lowest BCUT2D eigenvalue weighted by Gasteiger charge is -2.19. The van der Waals surface area contributed by atoms with Crippen LogP contribution in [-0.2, 0) is 19.6 Å². The topological polar surface area (TPSA) is 101 Å². The number of ether oxygens (including phenoxy) is 1. The van der Waals surface area contributed by atoms with Crippen molar-refractivity contribution in [2.45, 2.75) is 18.3 Å². The zero-order valence-corrected chi connectivity index (χ0v) is 11.5. The molecule has 0 heterocycles. The summed E-state index contributed by atoms with van der Waals surface area (Å²) in [6, 6.07) is 5.60. The minimum Gasteiger partial charge on any atom is -0.508 e. The molecule has 0 aromatic heterocycles. The number of alkyl halides is 2. The Hall–Kier alpha value is -2.00. The highest BCUT2D eigenvalue weighted by Crippen LogP contribution is 2.27. The molecular weight excluding hydrogens is 310 g/mol. The summed E-state index contributed by atoms with van der Waals surface area (Å²) < 4.78 is 59.7. The molecule has 1 aromatic rings. The smallest absolute Gasteiger partial charge is 0.405 e. The van der Waals surface area contributed by atoms with E-state index in [1.165, 1.54) is 30.3 Å². The van der Waals surface area contributed by atoms with Gasteiger partial charge in [-0.3, -0.25) is 4.55 Å².